The lowest BCUT2D eigenvalue weighted by Gasteiger charge is -2.38. The van der Waals surface area contributed by atoms with E-state index >= 15 is 0 Å². The molecule has 7 heteroatoms. The molecule has 1 saturated carbocycles. The Bertz CT molecular complexity index is 786. The Kier molecular flexibility index (Phi) is 7.02. The number of hydrogen-bond donors (Lipinski definition) is 1. The smallest absolute Gasteiger partial charge is 0.240 e. The van der Waals surface area contributed by atoms with E-state index in [0.29, 0.717) is 6.04 Å². The molecular weight excluding hydrogens is 386 g/mol. The van der Waals surface area contributed by atoms with Crippen LogP contribution in [0.2, 0.25) is 0 Å². The van der Waals surface area contributed by atoms with E-state index in [-0.39, 0.29) is 29.2 Å². The van der Waals surface area contributed by atoms with Crippen LogP contribution < -0.4 is 4.72 Å². The van der Waals surface area contributed by atoms with Gasteiger partial charge in [-0.25, -0.2) is 13.1 Å². The molecule has 2 aliphatic rings. The van der Waals surface area contributed by atoms with Crippen molar-refractivity contribution in [2.24, 2.45) is 0 Å². The summed E-state index contributed by atoms with van der Waals surface area (Å²) >= 11 is 0. The van der Waals surface area contributed by atoms with E-state index in [1.807, 2.05) is 17.0 Å². The van der Waals surface area contributed by atoms with Crippen molar-refractivity contribution in [2.75, 3.05) is 32.7 Å². The Morgan fingerprint density at radius 2 is 1.62 bits per heavy atom. The summed E-state index contributed by atoms with van der Waals surface area (Å²) < 4.78 is 27.6. The SMILES string of the molecule is CC(C)(C)c1ccc(S(=O)(=O)NCCC(=O)N2CCN(C3CCCC3)CC2)cc1. The maximum Gasteiger partial charge on any atom is 0.240 e. The minimum absolute atomic E-state index is 0.0239. The van der Waals surface area contributed by atoms with Crippen LogP contribution in [0.15, 0.2) is 29.2 Å². The maximum atomic E-state index is 12.5. The number of rotatable bonds is 6. The molecule has 1 aromatic rings. The van der Waals surface area contributed by atoms with Gasteiger partial charge in [-0.2, -0.15) is 0 Å². The fourth-order valence-electron chi connectivity index (χ4n) is 4.27. The van der Waals surface area contributed by atoms with Crippen molar-refractivity contribution in [1.29, 1.82) is 0 Å². The van der Waals surface area contributed by atoms with Gasteiger partial charge in [0.1, 0.15) is 0 Å². The number of carbonyl (C=O) groups excluding carboxylic acids is 1. The van der Waals surface area contributed by atoms with Crippen LogP contribution in [0.5, 0.6) is 0 Å². The molecule has 1 N–H and O–H groups in total. The van der Waals surface area contributed by atoms with Crippen molar-refractivity contribution in [2.45, 2.75) is 69.2 Å². The molecule has 3 rings (SSSR count). The summed E-state index contributed by atoms with van der Waals surface area (Å²) in [6.45, 7) is 9.76. The first-order valence-electron chi connectivity index (χ1n) is 10.8. The average molecular weight is 422 g/mol. The van der Waals surface area contributed by atoms with E-state index in [9.17, 15) is 13.2 Å². The highest BCUT2D eigenvalue weighted by Crippen LogP contribution is 2.25. The highest BCUT2D eigenvalue weighted by atomic mass is 32.2. The van der Waals surface area contributed by atoms with E-state index < -0.39 is 10.0 Å². The number of hydrogen-bond acceptors (Lipinski definition) is 4. The number of benzene rings is 1. The second-order valence-electron chi connectivity index (χ2n) is 9.28. The van der Waals surface area contributed by atoms with Crippen LogP contribution in [0.3, 0.4) is 0 Å². The maximum absolute atomic E-state index is 12.5. The quantitative estimate of drug-likeness (QED) is 0.767. The standard InChI is InChI=1S/C22H35N3O3S/c1-22(2,3)18-8-10-20(11-9-18)29(27,28)23-13-12-21(26)25-16-14-24(15-17-25)19-6-4-5-7-19/h8-11,19,23H,4-7,12-17H2,1-3H3. The number of nitrogens with zero attached hydrogens (tertiary/aromatic N) is 2. The summed E-state index contributed by atoms with van der Waals surface area (Å²) in [5.74, 6) is 0.0295. The van der Waals surface area contributed by atoms with Crippen LogP contribution in [0, 0.1) is 0 Å². The van der Waals surface area contributed by atoms with E-state index in [4.69, 9.17) is 0 Å². The molecular formula is C22H35N3O3S. The van der Waals surface area contributed by atoms with E-state index in [2.05, 4.69) is 30.4 Å². The fraction of sp³-hybridized carbons (Fsp3) is 0.682. The Balaban J connectivity index is 1.44. The van der Waals surface area contributed by atoms with Crippen molar-refractivity contribution in [1.82, 2.24) is 14.5 Å². The molecule has 1 heterocycles. The van der Waals surface area contributed by atoms with Crippen molar-refractivity contribution < 1.29 is 13.2 Å². The number of carbonyl (C=O) groups is 1. The minimum atomic E-state index is -3.60. The number of nitrogens with one attached hydrogen (secondary N) is 1. The third-order valence-corrected chi connectivity index (χ3v) is 7.65. The molecule has 162 valence electrons. The topological polar surface area (TPSA) is 69.7 Å². The van der Waals surface area contributed by atoms with Gasteiger partial charge in [0.15, 0.2) is 0 Å². The first-order valence-corrected chi connectivity index (χ1v) is 12.3. The van der Waals surface area contributed by atoms with Gasteiger partial charge in [-0.15, -0.1) is 0 Å². The predicted octanol–water partition coefficient (Wildman–Crippen LogP) is 2.74. The zero-order chi connectivity index (χ0) is 21.1. The van der Waals surface area contributed by atoms with Crippen molar-refractivity contribution in [3.63, 3.8) is 0 Å². The third-order valence-electron chi connectivity index (χ3n) is 6.17. The zero-order valence-electron chi connectivity index (χ0n) is 18.0. The van der Waals surface area contributed by atoms with Gasteiger partial charge in [0, 0.05) is 45.2 Å². The number of sulfonamides is 1. The molecule has 29 heavy (non-hydrogen) atoms. The van der Waals surface area contributed by atoms with Crippen LogP contribution in [0.1, 0.15) is 58.4 Å². The van der Waals surface area contributed by atoms with Crippen molar-refractivity contribution in [3.8, 4) is 0 Å². The average Bonchev–Trinajstić information content (AvgIpc) is 3.22. The Morgan fingerprint density at radius 1 is 1.03 bits per heavy atom. The summed E-state index contributed by atoms with van der Waals surface area (Å²) in [7, 11) is -3.60. The molecule has 1 aliphatic carbocycles. The first-order chi connectivity index (χ1) is 13.7. The summed E-state index contributed by atoms with van der Waals surface area (Å²) in [5.41, 5.74) is 1.06. The summed E-state index contributed by atoms with van der Waals surface area (Å²) in [6.07, 6.45) is 5.41. The molecule has 6 nitrogen and oxygen atoms in total. The normalized spacial score (nSPS) is 19.6. The van der Waals surface area contributed by atoms with Gasteiger partial charge >= 0.3 is 0 Å². The van der Waals surface area contributed by atoms with Crippen molar-refractivity contribution >= 4 is 15.9 Å². The molecule has 1 saturated heterocycles. The molecule has 1 amide bonds. The van der Waals surface area contributed by atoms with Gasteiger partial charge in [0.25, 0.3) is 0 Å². The monoisotopic (exact) mass is 421 g/mol. The van der Waals surface area contributed by atoms with Gasteiger partial charge in [0.05, 0.1) is 4.90 Å². The van der Waals surface area contributed by atoms with Gasteiger partial charge < -0.3 is 4.90 Å². The predicted molar refractivity (Wildman–Crippen MR) is 115 cm³/mol. The molecule has 0 bridgehead atoms. The van der Waals surface area contributed by atoms with Crippen LogP contribution in [-0.4, -0.2) is 62.9 Å². The van der Waals surface area contributed by atoms with E-state index in [0.717, 1.165) is 31.7 Å². The minimum Gasteiger partial charge on any atom is -0.340 e. The van der Waals surface area contributed by atoms with Crippen LogP contribution in [0.4, 0.5) is 0 Å². The van der Waals surface area contributed by atoms with Gasteiger partial charge in [0.2, 0.25) is 15.9 Å². The summed E-state index contributed by atoms with van der Waals surface area (Å²) in [4.78, 5) is 17.1. The Labute approximate surface area is 175 Å². The van der Waals surface area contributed by atoms with Crippen LogP contribution in [0.25, 0.3) is 0 Å². The molecule has 0 spiro atoms. The van der Waals surface area contributed by atoms with Crippen molar-refractivity contribution in [3.05, 3.63) is 29.8 Å². The van der Waals surface area contributed by atoms with E-state index in [1.165, 1.54) is 25.7 Å². The second-order valence-corrected chi connectivity index (χ2v) is 11.0. The molecule has 0 unspecified atom stereocenters. The second kappa shape index (κ2) is 9.14. The largest absolute Gasteiger partial charge is 0.340 e. The first kappa shape index (κ1) is 22.2. The third kappa shape index (κ3) is 5.80. The molecule has 2 fully saturated rings. The number of piperazine rings is 1. The van der Waals surface area contributed by atoms with Gasteiger partial charge in [-0.1, -0.05) is 45.7 Å². The highest BCUT2D eigenvalue weighted by Gasteiger charge is 2.27. The Morgan fingerprint density at radius 3 is 2.17 bits per heavy atom. The lowest BCUT2D eigenvalue weighted by molar-refractivity contribution is -0.133. The summed E-state index contributed by atoms with van der Waals surface area (Å²) in [6, 6.07) is 7.66. The lowest BCUT2D eigenvalue weighted by Crippen LogP contribution is -2.51. The van der Waals surface area contributed by atoms with Gasteiger partial charge in [-0.3, -0.25) is 9.69 Å². The summed E-state index contributed by atoms with van der Waals surface area (Å²) in [5, 5.41) is 0. The molecule has 0 atom stereocenters. The fourth-order valence-corrected chi connectivity index (χ4v) is 5.31. The Hall–Kier alpha value is -1.44. The zero-order valence-corrected chi connectivity index (χ0v) is 18.8. The lowest BCUT2D eigenvalue weighted by atomic mass is 9.87. The molecule has 1 aromatic carbocycles. The molecule has 0 radical (unpaired) electrons. The van der Waals surface area contributed by atoms with E-state index in [1.54, 1.807) is 12.1 Å². The molecule has 0 aromatic heterocycles. The van der Waals surface area contributed by atoms with Crippen LogP contribution >= 0.6 is 0 Å². The van der Waals surface area contributed by atoms with Gasteiger partial charge in [-0.05, 0) is 36.0 Å². The van der Waals surface area contributed by atoms with Crippen LogP contribution in [-0.2, 0) is 20.2 Å². The molecule has 1 aliphatic heterocycles. The number of amides is 1. The highest BCUT2D eigenvalue weighted by molar-refractivity contribution is 7.89.